The fourth-order valence-corrected chi connectivity index (χ4v) is 5.39. The monoisotopic (exact) mass is 583 g/mol. The number of aromatic nitrogens is 3. The Hall–Kier alpha value is -3.77. The molecule has 0 spiro atoms. The number of hydrogen-bond donors (Lipinski definition) is 0. The van der Waals surface area contributed by atoms with E-state index in [1.165, 1.54) is 23.9 Å². The molecule has 0 aliphatic carbocycles. The SMILES string of the molecule is Cc1cccc(-n2c(C)nnc2S[C@H](C[N+](=O)[O-])c2ccc(OCc3cccc([N+](=O)[O-])c3)c(Br)c2)c1. The van der Waals surface area contributed by atoms with Gasteiger partial charge in [0, 0.05) is 22.7 Å². The van der Waals surface area contributed by atoms with Crippen LogP contribution in [0.1, 0.15) is 27.8 Å². The van der Waals surface area contributed by atoms with Gasteiger partial charge in [0.25, 0.3) is 5.69 Å². The molecule has 37 heavy (non-hydrogen) atoms. The van der Waals surface area contributed by atoms with Crippen molar-refractivity contribution in [2.45, 2.75) is 30.9 Å². The van der Waals surface area contributed by atoms with Crippen molar-refractivity contribution in [3.8, 4) is 11.4 Å². The summed E-state index contributed by atoms with van der Waals surface area (Å²) in [6.07, 6.45) is 0. The van der Waals surface area contributed by atoms with Crippen molar-refractivity contribution in [2.24, 2.45) is 0 Å². The number of benzene rings is 3. The first-order valence-corrected chi connectivity index (χ1v) is 12.8. The molecule has 0 aliphatic rings. The highest BCUT2D eigenvalue weighted by molar-refractivity contribution is 9.10. The van der Waals surface area contributed by atoms with Gasteiger partial charge >= 0.3 is 0 Å². The van der Waals surface area contributed by atoms with E-state index >= 15 is 0 Å². The highest BCUT2D eigenvalue weighted by atomic mass is 79.9. The Morgan fingerprint density at radius 1 is 1.03 bits per heavy atom. The summed E-state index contributed by atoms with van der Waals surface area (Å²) in [4.78, 5) is 21.7. The smallest absolute Gasteiger partial charge is 0.269 e. The van der Waals surface area contributed by atoms with Gasteiger partial charge < -0.3 is 4.74 Å². The van der Waals surface area contributed by atoms with E-state index in [0.717, 1.165) is 11.3 Å². The van der Waals surface area contributed by atoms with Gasteiger partial charge in [0.05, 0.1) is 9.40 Å². The molecule has 0 radical (unpaired) electrons. The highest BCUT2D eigenvalue weighted by Gasteiger charge is 2.24. The molecule has 0 fully saturated rings. The first-order chi connectivity index (χ1) is 17.7. The number of ether oxygens (including phenoxy) is 1. The number of thioether (sulfide) groups is 1. The fourth-order valence-electron chi connectivity index (χ4n) is 3.71. The Labute approximate surface area is 225 Å². The molecule has 12 heteroatoms. The normalized spacial score (nSPS) is 11.8. The number of nitro groups is 2. The van der Waals surface area contributed by atoms with Crippen LogP contribution in [0.15, 0.2) is 76.4 Å². The summed E-state index contributed by atoms with van der Waals surface area (Å²) in [6, 6.07) is 19.4. The second-order valence-electron chi connectivity index (χ2n) is 8.23. The molecule has 0 saturated carbocycles. The van der Waals surface area contributed by atoms with Gasteiger partial charge in [-0.2, -0.15) is 0 Å². The minimum Gasteiger partial charge on any atom is -0.488 e. The van der Waals surface area contributed by atoms with E-state index in [9.17, 15) is 20.2 Å². The fraction of sp³-hybridized carbons (Fsp3) is 0.200. The molecule has 0 aliphatic heterocycles. The lowest BCUT2D eigenvalue weighted by Gasteiger charge is -2.16. The topological polar surface area (TPSA) is 126 Å². The predicted molar refractivity (Wildman–Crippen MR) is 143 cm³/mol. The third kappa shape index (κ3) is 6.52. The van der Waals surface area contributed by atoms with E-state index in [2.05, 4.69) is 26.1 Å². The van der Waals surface area contributed by atoms with Gasteiger partial charge in [-0.3, -0.25) is 24.8 Å². The van der Waals surface area contributed by atoms with Gasteiger partial charge in [0.2, 0.25) is 6.54 Å². The molecule has 0 saturated heterocycles. The molecule has 0 N–H and O–H groups in total. The molecule has 1 atom stereocenters. The van der Waals surface area contributed by atoms with E-state index in [0.29, 0.717) is 32.3 Å². The average molecular weight is 584 g/mol. The molecule has 1 aromatic heterocycles. The van der Waals surface area contributed by atoms with Crippen LogP contribution in [0.3, 0.4) is 0 Å². The van der Waals surface area contributed by atoms with Crippen LogP contribution < -0.4 is 4.74 Å². The zero-order chi connectivity index (χ0) is 26.5. The maximum absolute atomic E-state index is 11.5. The second kappa shape index (κ2) is 11.5. The van der Waals surface area contributed by atoms with Crippen LogP contribution in [-0.4, -0.2) is 31.2 Å². The lowest BCUT2D eigenvalue weighted by molar-refractivity contribution is -0.479. The molecular weight excluding hydrogens is 562 g/mol. The summed E-state index contributed by atoms with van der Waals surface area (Å²) >= 11 is 4.77. The number of non-ortho nitro benzene ring substituents is 1. The first kappa shape index (κ1) is 26.3. The summed E-state index contributed by atoms with van der Waals surface area (Å²) in [7, 11) is 0. The summed E-state index contributed by atoms with van der Waals surface area (Å²) in [5.41, 5.74) is 3.32. The molecule has 0 unspecified atom stereocenters. The van der Waals surface area contributed by atoms with Gasteiger partial charge in [0.15, 0.2) is 5.16 Å². The van der Waals surface area contributed by atoms with Crippen LogP contribution in [0.4, 0.5) is 5.69 Å². The quantitative estimate of drug-likeness (QED) is 0.122. The molecule has 3 aromatic carbocycles. The minimum atomic E-state index is -0.538. The van der Waals surface area contributed by atoms with Gasteiger partial charge in [-0.05, 0) is 70.7 Å². The maximum Gasteiger partial charge on any atom is 0.269 e. The van der Waals surface area contributed by atoms with Crippen molar-refractivity contribution >= 4 is 33.4 Å². The van der Waals surface area contributed by atoms with Crippen LogP contribution in [0, 0.1) is 34.1 Å². The van der Waals surface area contributed by atoms with Crippen LogP contribution in [0.5, 0.6) is 5.75 Å². The molecule has 190 valence electrons. The Kier molecular flexibility index (Phi) is 8.19. The number of nitrogens with zero attached hydrogens (tertiary/aromatic N) is 5. The van der Waals surface area contributed by atoms with Crippen LogP contribution >= 0.6 is 27.7 Å². The van der Waals surface area contributed by atoms with Gasteiger partial charge in [0.1, 0.15) is 23.4 Å². The number of halogens is 1. The van der Waals surface area contributed by atoms with Gasteiger partial charge in [-0.25, -0.2) is 0 Å². The van der Waals surface area contributed by atoms with Gasteiger partial charge in [-0.15, -0.1) is 10.2 Å². The Balaban J connectivity index is 1.56. The third-order valence-corrected chi connectivity index (χ3v) is 7.26. The van der Waals surface area contributed by atoms with Gasteiger partial charge in [-0.1, -0.05) is 42.1 Å². The molecule has 4 aromatic rings. The Morgan fingerprint density at radius 2 is 1.81 bits per heavy atom. The lowest BCUT2D eigenvalue weighted by atomic mass is 10.1. The van der Waals surface area contributed by atoms with E-state index < -0.39 is 10.2 Å². The average Bonchev–Trinajstić information content (AvgIpc) is 3.22. The van der Waals surface area contributed by atoms with Crippen LogP contribution in [0.2, 0.25) is 0 Å². The van der Waals surface area contributed by atoms with Crippen molar-refractivity contribution in [2.75, 3.05) is 6.54 Å². The van der Waals surface area contributed by atoms with E-state index in [1.807, 2.05) is 42.7 Å². The number of aryl methyl sites for hydroxylation is 2. The highest BCUT2D eigenvalue weighted by Crippen LogP contribution is 2.39. The van der Waals surface area contributed by atoms with Crippen molar-refractivity contribution in [1.29, 1.82) is 0 Å². The Morgan fingerprint density at radius 3 is 2.51 bits per heavy atom. The molecule has 0 amide bonds. The summed E-state index contributed by atoms with van der Waals surface area (Å²) in [5.74, 6) is 1.19. The zero-order valence-electron chi connectivity index (χ0n) is 19.9. The summed E-state index contributed by atoms with van der Waals surface area (Å²) in [5, 5.41) is 31.0. The molecule has 1 heterocycles. The van der Waals surface area contributed by atoms with Crippen LogP contribution in [0.25, 0.3) is 5.69 Å². The number of hydrogen-bond acceptors (Lipinski definition) is 8. The van der Waals surface area contributed by atoms with E-state index in [4.69, 9.17) is 4.74 Å². The third-order valence-electron chi connectivity index (χ3n) is 5.46. The van der Waals surface area contributed by atoms with Crippen molar-refractivity contribution < 1.29 is 14.6 Å². The molecule has 0 bridgehead atoms. The van der Waals surface area contributed by atoms with Crippen molar-refractivity contribution in [3.63, 3.8) is 0 Å². The predicted octanol–water partition coefficient (Wildman–Crippen LogP) is 6.24. The maximum atomic E-state index is 11.5. The number of rotatable bonds is 10. The van der Waals surface area contributed by atoms with E-state index in [-0.39, 0.29) is 23.8 Å². The Bertz CT molecular complexity index is 1460. The molecule has 10 nitrogen and oxygen atoms in total. The van der Waals surface area contributed by atoms with Crippen LogP contribution in [-0.2, 0) is 6.61 Å². The summed E-state index contributed by atoms with van der Waals surface area (Å²) < 4.78 is 8.34. The largest absolute Gasteiger partial charge is 0.488 e. The van der Waals surface area contributed by atoms with Crippen molar-refractivity contribution in [3.05, 3.63) is 114 Å². The minimum absolute atomic E-state index is 0.0103. The number of nitro benzene ring substituents is 1. The standard InChI is InChI=1S/C25H22BrN5O5S/c1-16-5-3-7-20(11-16)30-17(2)27-28-25(30)37-24(14-29(32)33)19-9-10-23(22(26)13-19)36-15-18-6-4-8-21(12-18)31(34)35/h3-13,24H,14-15H2,1-2H3/t24-/m1/s1. The molecular formula is C25H22BrN5O5S. The zero-order valence-corrected chi connectivity index (χ0v) is 22.3. The first-order valence-electron chi connectivity index (χ1n) is 11.1. The summed E-state index contributed by atoms with van der Waals surface area (Å²) in [6.45, 7) is 3.65. The van der Waals surface area contributed by atoms with Crippen molar-refractivity contribution in [1.82, 2.24) is 14.8 Å². The van der Waals surface area contributed by atoms with E-state index in [1.54, 1.807) is 30.3 Å². The molecule has 4 rings (SSSR count). The second-order valence-corrected chi connectivity index (χ2v) is 10.3. The lowest BCUT2D eigenvalue weighted by Crippen LogP contribution is -2.11.